The van der Waals surface area contributed by atoms with Gasteiger partial charge in [0.2, 0.25) is 0 Å². The standard InChI is InChI=1S/C21H32N2O2S2/c1-24-20-10-16-5-7-23(12-17(16)11-21(20)25-2)18-4-3-6-22(13-18)19-14-26-8-9-27-15-19/h10-11,18-19H,3-9,12-15H2,1-2H3. The van der Waals surface area contributed by atoms with Gasteiger partial charge in [-0.3, -0.25) is 9.80 Å². The normalized spacial score (nSPS) is 25.6. The summed E-state index contributed by atoms with van der Waals surface area (Å²) in [5.74, 6) is 7.01. The fourth-order valence-corrected chi connectivity index (χ4v) is 7.27. The molecule has 3 aliphatic rings. The molecule has 4 rings (SSSR count). The summed E-state index contributed by atoms with van der Waals surface area (Å²) in [6.45, 7) is 4.74. The van der Waals surface area contributed by atoms with Gasteiger partial charge in [0.15, 0.2) is 11.5 Å². The number of ether oxygens (including phenoxy) is 2. The van der Waals surface area contributed by atoms with Gasteiger partial charge < -0.3 is 9.47 Å². The molecule has 150 valence electrons. The third-order valence-corrected chi connectivity index (χ3v) is 8.69. The molecule has 1 atom stereocenters. The fourth-order valence-electron chi connectivity index (χ4n) is 4.65. The summed E-state index contributed by atoms with van der Waals surface area (Å²) in [7, 11) is 3.45. The van der Waals surface area contributed by atoms with Crippen LogP contribution < -0.4 is 9.47 Å². The Bertz CT molecular complexity index is 635. The van der Waals surface area contributed by atoms with E-state index in [-0.39, 0.29) is 0 Å². The van der Waals surface area contributed by atoms with Crippen molar-refractivity contribution in [3.05, 3.63) is 23.3 Å². The molecule has 2 saturated heterocycles. The van der Waals surface area contributed by atoms with E-state index in [2.05, 4.69) is 45.5 Å². The molecule has 1 aromatic rings. The van der Waals surface area contributed by atoms with E-state index < -0.39 is 0 Å². The van der Waals surface area contributed by atoms with Crippen molar-refractivity contribution in [2.75, 3.05) is 56.9 Å². The Morgan fingerprint density at radius 3 is 2.30 bits per heavy atom. The van der Waals surface area contributed by atoms with E-state index in [1.165, 1.54) is 60.1 Å². The minimum absolute atomic E-state index is 0.693. The van der Waals surface area contributed by atoms with Crippen molar-refractivity contribution in [2.45, 2.75) is 37.9 Å². The molecule has 3 aliphatic heterocycles. The van der Waals surface area contributed by atoms with Gasteiger partial charge in [-0.2, -0.15) is 23.5 Å². The zero-order valence-electron chi connectivity index (χ0n) is 16.6. The lowest BCUT2D eigenvalue weighted by molar-refractivity contribution is 0.0736. The predicted molar refractivity (Wildman–Crippen MR) is 117 cm³/mol. The van der Waals surface area contributed by atoms with Crippen molar-refractivity contribution >= 4 is 23.5 Å². The predicted octanol–water partition coefficient (Wildman–Crippen LogP) is 3.37. The van der Waals surface area contributed by atoms with Crippen molar-refractivity contribution < 1.29 is 9.47 Å². The average Bonchev–Trinajstić information content (AvgIpc) is 3.02. The highest BCUT2D eigenvalue weighted by Gasteiger charge is 2.31. The van der Waals surface area contributed by atoms with Gasteiger partial charge in [-0.15, -0.1) is 0 Å². The monoisotopic (exact) mass is 408 g/mol. The lowest BCUT2D eigenvalue weighted by Crippen LogP contribution is -2.53. The molecule has 0 N–H and O–H groups in total. The van der Waals surface area contributed by atoms with Gasteiger partial charge in [-0.25, -0.2) is 0 Å². The topological polar surface area (TPSA) is 24.9 Å². The number of benzene rings is 1. The smallest absolute Gasteiger partial charge is 0.161 e. The van der Waals surface area contributed by atoms with Crippen molar-refractivity contribution in [2.24, 2.45) is 0 Å². The van der Waals surface area contributed by atoms with Crippen molar-refractivity contribution in [3.8, 4) is 11.5 Å². The number of rotatable bonds is 4. The SMILES string of the molecule is COc1cc2c(cc1OC)CN(C1CCCN(C3CSCCSC3)C1)CC2. The zero-order chi connectivity index (χ0) is 18.6. The number of piperidine rings is 1. The highest BCUT2D eigenvalue weighted by molar-refractivity contribution is 8.03. The first kappa shape index (κ1) is 19.7. The van der Waals surface area contributed by atoms with Gasteiger partial charge in [0.05, 0.1) is 14.2 Å². The Hall–Kier alpha value is -0.560. The van der Waals surface area contributed by atoms with Crippen LogP contribution in [0.2, 0.25) is 0 Å². The summed E-state index contributed by atoms with van der Waals surface area (Å²) in [5, 5.41) is 0. The van der Waals surface area contributed by atoms with E-state index in [1.807, 2.05) is 0 Å². The molecule has 0 aliphatic carbocycles. The van der Waals surface area contributed by atoms with Crippen LogP contribution in [0.15, 0.2) is 12.1 Å². The molecule has 0 bridgehead atoms. The van der Waals surface area contributed by atoms with Gasteiger partial charge in [0.25, 0.3) is 0 Å². The van der Waals surface area contributed by atoms with E-state index in [0.717, 1.165) is 37.1 Å². The van der Waals surface area contributed by atoms with E-state index in [4.69, 9.17) is 9.47 Å². The number of nitrogens with zero attached hydrogens (tertiary/aromatic N) is 2. The summed E-state index contributed by atoms with van der Waals surface area (Å²) in [6, 6.07) is 5.84. The number of hydrogen-bond acceptors (Lipinski definition) is 6. The minimum Gasteiger partial charge on any atom is -0.493 e. The van der Waals surface area contributed by atoms with Crippen LogP contribution in [0.4, 0.5) is 0 Å². The fraction of sp³-hybridized carbons (Fsp3) is 0.714. The summed E-state index contributed by atoms with van der Waals surface area (Å²) >= 11 is 4.30. The molecule has 0 radical (unpaired) electrons. The summed E-state index contributed by atoms with van der Waals surface area (Å²) in [4.78, 5) is 5.51. The number of likely N-dealkylation sites (tertiary alicyclic amines) is 1. The second kappa shape index (κ2) is 9.29. The van der Waals surface area contributed by atoms with Crippen LogP contribution >= 0.6 is 23.5 Å². The van der Waals surface area contributed by atoms with Crippen LogP contribution in [0.1, 0.15) is 24.0 Å². The minimum atomic E-state index is 0.693. The molecule has 0 aromatic heterocycles. The van der Waals surface area contributed by atoms with Crippen LogP contribution in [0.25, 0.3) is 0 Å². The lowest BCUT2D eigenvalue weighted by atomic mass is 9.95. The second-order valence-electron chi connectivity index (χ2n) is 7.79. The quantitative estimate of drug-likeness (QED) is 0.758. The summed E-state index contributed by atoms with van der Waals surface area (Å²) in [6.07, 6.45) is 3.79. The Labute approximate surface area is 172 Å². The van der Waals surface area contributed by atoms with Crippen LogP contribution in [0, 0.1) is 0 Å². The first-order chi connectivity index (χ1) is 13.3. The first-order valence-electron chi connectivity index (χ1n) is 10.2. The van der Waals surface area contributed by atoms with E-state index in [1.54, 1.807) is 14.2 Å². The van der Waals surface area contributed by atoms with E-state index >= 15 is 0 Å². The molecule has 3 heterocycles. The molecule has 0 saturated carbocycles. The number of hydrogen-bond donors (Lipinski definition) is 0. The van der Waals surface area contributed by atoms with Crippen molar-refractivity contribution in [1.82, 2.24) is 9.80 Å². The molecule has 1 aromatic carbocycles. The molecule has 2 fully saturated rings. The van der Waals surface area contributed by atoms with Crippen molar-refractivity contribution in [3.63, 3.8) is 0 Å². The average molecular weight is 409 g/mol. The van der Waals surface area contributed by atoms with Crippen LogP contribution in [-0.2, 0) is 13.0 Å². The molecular weight excluding hydrogens is 376 g/mol. The maximum atomic E-state index is 5.53. The van der Waals surface area contributed by atoms with Gasteiger partial charge in [0.1, 0.15) is 0 Å². The van der Waals surface area contributed by atoms with E-state index in [9.17, 15) is 0 Å². The van der Waals surface area contributed by atoms with Gasteiger partial charge >= 0.3 is 0 Å². The summed E-state index contributed by atoms with van der Waals surface area (Å²) < 4.78 is 11.0. The van der Waals surface area contributed by atoms with Crippen LogP contribution in [0.5, 0.6) is 11.5 Å². The van der Waals surface area contributed by atoms with E-state index in [0.29, 0.717) is 6.04 Å². The van der Waals surface area contributed by atoms with Crippen molar-refractivity contribution in [1.29, 1.82) is 0 Å². The maximum Gasteiger partial charge on any atom is 0.161 e. The third kappa shape index (κ3) is 4.55. The number of methoxy groups -OCH3 is 2. The Morgan fingerprint density at radius 2 is 1.59 bits per heavy atom. The Morgan fingerprint density at radius 1 is 0.889 bits per heavy atom. The summed E-state index contributed by atoms with van der Waals surface area (Å²) in [5.41, 5.74) is 2.84. The maximum absolute atomic E-state index is 5.53. The van der Waals surface area contributed by atoms with Crippen LogP contribution in [-0.4, -0.2) is 78.7 Å². The lowest BCUT2D eigenvalue weighted by Gasteiger charge is -2.43. The molecule has 27 heavy (non-hydrogen) atoms. The number of fused-ring (bicyclic) bond motifs is 1. The Kier molecular flexibility index (Phi) is 6.79. The third-order valence-electron chi connectivity index (χ3n) is 6.20. The molecule has 6 heteroatoms. The second-order valence-corrected chi connectivity index (χ2v) is 10.1. The molecule has 4 nitrogen and oxygen atoms in total. The highest BCUT2D eigenvalue weighted by Crippen LogP contribution is 2.34. The van der Waals surface area contributed by atoms with Gasteiger partial charge in [-0.05, 0) is 49.1 Å². The first-order valence-corrected chi connectivity index (χ1v) is 12.5. The van der Waals surface area contributed by atoms with Gasteiger partial charge in [-0.1, -0.05) is 0 Å². The Balaban J connectivity index is 1.43. The highest BCUT2D eigenvalue weighted by atomic mass is 32.2. The van der Waals surface area contributed by atoms with Gasteiger partial charge in [0, 0.05) is 54.7 Å². The molecule has 0 amide bonds. The number of thioether (sulfide) groups is 2. The molecule has 1 unspecified atom stereocenters. The largest absolute Gasteiger partial charge is 0.493 e. The zero-order valence-corrected chi connectivity index (χ0v) is 18.2. The molecular formula is C21H32N2O2S2. The van der Waals surface area contributed by atoms with Crippen LogP contribution in [0.3, 0.4) is 0 Å². The molecule has 0 spiro atoms.